The van der Waals surface area contributed by atoms with Crippen LogP contribution in [0.15, 0.2) is 0 Å². The summed E-state index contributed by atoms with van der Waals surface area (Å²) in [5.74, 6) is 4.91. The fourth-order valence-corrected chi connectivity index (χ4v) is 0.346. The summed E-state index contributed by atoms with van der Waals surface area (Å²) in [6.07, 6.45) is 2.54. The van der Waals surface area contributed by atoms with Crippen LogP contribution in [-0.2, 0) is 0 Å². The van der Waals surface area contributed by atoms with Gasteiger partial charge in [-0.2, -0.15) is 5.53 Å². The van der Waals surface area contributed by atoms with Crippen molar-refractivity contribution < 1.29 is 0 Å². The molecule has 0 radical (unpaired) electrons. The first-order valence-corrected chi connectivity index (χ1v) is 2.14. The minimum atomic E-state index is 0.662. The molecule has 0 aliphatic heterocycles. The summed E-state index contributed by atoms with van der Waals surface area (Å²) >= 11 is 0. The third-order valence-electron chi connectivity index (χ3n) is 0.865. The minimum absolute atomic E-state index is 0.662. The van der Waals surface area contributed by atoms with Crippen LogP contribution in [0.2, 0.25) is 0 Å². The van der Waals surface area contributed by atoms with E-state index in [2.05, 4.69) is 11.0 Å². The molecule has 0 saturated heterocycles. The highest BCUT2D eigenvalue weighted by molar-refractivity contribution is 4.77. The molecule has 0 aromatic rings. The standard InChI is InChI=1S/C3H9N3/c4-6-5-3-1-2-3/h3,5-6H,1-2,4H2. The summed E-state index contributed by atoms with van der Waals surface area (Å²) in [7, 11) is 0. The molecule has 0 aromatic heterocycles. The van der Waals surface area contributed by atoms with E-state index >= 15 is 0 Å². The van der Waals surface area contributed by atoms with Gasteiger partial charge >= 0.3 is 0 Å². The molecule has 1 rings (SSSR count). The van der Waals surface area contributed by atoms with Crippen LogP contribution < -0.4 is 16.8 Å². The molecule has 6 heavy (non-hydrogen) atoms. The highest BCUT2D eigenvalue weighted by Crippen LogP contribution is 2.16. The van der Waals surface area contributed by atoms with Crippen molar-refractivity contribution in [2.45, 2.75) is 18.9 Å². The minimum Gasteiger partial charge on any atom is -0.258 e. The molecule has 1 aliphatic carbocycles. The summed E-state index contributed by atoms with van der Waals surface area (Å²) in [4.78, 5) is 0. The molecule has 0 unspecified atom stereocenters. The normalized spacial score (nSPS) is 21.5. The third-order valence-corrected chi connectivity index (χ3v) is 0.865. The first kappa shape index (κ1) is 4.05. The summed E-state index contributed by atoms with van der Waals surface area (Å²) in [6.45, 7) is 0. The van der Waals surface area contributed by atoms with Crippen LogP contribution >= 0.6 is 0 Å². The zero-order chi connectivity index (χ0) is 4.41. The van der Waals surface area contributed by atoms with Gasteiger partial charge in [0, 0.05) is 6.04 Å². The van der Waals surface area contributed by atoms with Crippen molar-refractivity contribution in [2.24, 2.45) is 5.84 Å². The van der Waals surface area contributed by atoms with Gasteiger partial charge in [0.25, 0.3) is 0 Å². The van der Waals surface area contributed by atoms with Crippen molar-refractivity contribution in [1.82, 2.24) is 11.0 Å². The van der Waals surface area contributed by atoms with Gasteiger partial charge in [-0.3, -0.25) is 5.84 Å². The van der Waals surface area contributed by atoms with Crippen molar-refractivity contribution in [1.29, 1.82) is 0 Å². The second-order valence-corrected chi connectivity index (χ2v) is 1.56. The first-order valence-electron chi connectivity index (χ1n) is 2.14. The van der Waals surface area contributed by atoms with Gasteiger partial charge in [-0.1, -0.05) is 0 Å². The smallest absolute Gasteiger partial charge is 0.0227 e. The quantitative estimate of drug-likeness (QED) is 0.303. The molecule has 4 N–H and O–H groups in total. The Kier molecular flexibility index (Phi) is 1.05. The average molecular weight is 87.1 g/mol. The number of nitrogens with one attached hydrogen (secondary N) is 2. The number of hydrogen-bond donors (Lipinski definition) is 3. The fourth-order valence-electron chi connectivity index (χ4n) is 0.346. The van der Waals surface area contributed by atoms with Crippen molar-refractivity contribution in [3.8, 4) is 0 Å². The summed E-state index contributed by atoms with van der Waals surface area (Å²) in [5, 5.41) is 0. The largest absolute Gasteiger partial charge is 0.258 e. The van der Waals surface area contributed by atoms with Crippen LogP contribution in [0.25, 0.3) is 0 Å². The predicted octanol–water partition coefficient (Wildman–Crippen LogP) is -0.883. The van der Waals surface area contributed by atoms with E-state index in [4.69, 9.17) is 5.84 Å². The molecule has 3 nitrogen and oxygen atoms in total. The second-order valence-electron chi connectivity index (χ2n) is 1.56. The van der Waals surface area contributed by atoms with Crippen LogP contribution in [0.4, 0.5) is 0 Å². The van der Waals surface area contributed by atoms with Crippen molar-refractivity contribution in [3.05, 3.63) is 0 Å². The van der Waals surface area contributed by atoms with E-state index in [1.807, 2.05) is 0 Å². The molecule has 0 bridgehead atoms. The maximum absolute atomic E-state index is 4.91. The van der Waals surface area contributed by atoms with Crippen LogP contribution in [0.1, 0.15) is 12.8 Å². The maximum Gasteiger partial charge on any atom is 0.0227 e. The third kappa shape index (κ3) is 0.931. The molecule has 3 heteroatoms. The monoisotopic (exact) mass is 87.1 g/mol. The highest BCUT2D eigenvalue weighted by Gasteiger charge is 2.19. The lowest BCUT2D eigenvalue weighted by Gasteiger charge is -1.92. The van der Waals surface area contributed by atoms with Gasteiger partial charge in [-0.25, -0.2) is 5.43 Å². The Hall–Kier alpha value is -0.120. The molecule has 0 amide bonds. The number of hydrogen-bond acceptors (Lipinski definition) is 3. The van der Waals surface area contributed by atoms with E-state index in [0.29, 0.717) is 6.04 Å². The van der Waals surface area contributed by atoms with Gasteiger partial charge < -0.3 is 0 Å². The maximum atomic E-state index is 4.91. The van der Waals surface area contributed by atoms with Crippen LogP contribution in [-0.4, -0.2) is 6.04 Å². The van der Waals surface area contributed by atoms with Gasteiger partial charge in [0.1, 0.15) is 0 Å². The molecule has 0 spiro atoms. The zero-order valence-corrected chi connectivity index (χ0v) is 3.57. The SMILES string of the molecule is NNNC1CC1. The van der Waals surface area contributed by atoms with Gasteiger partial charge in [0.05, 0.1) is 0 Å². The average Bonchev–Trinajstić information content (AvgIpc) is 2.21. The highest BCUT2D eigenvalue weighted by atomic mass is 15.5. The second kappa shape index (κ2) is 1.55. The number of hydrazine groups is 2. The summed E-state index contributed by atoms with van der Waals surface area (Å²) < 4.78 is 0. The lowest BCUT2D eigenvalue weighted by atomic mass is 10.8. The molecular formula is C3H9N3. The number of nitrogens with two attached hydrogens (primary N) is 1. The molecule has 0 heterocycles. The van der Waals surface area contributed by atoms with Gasteiger partial charge in [0.15, 0.2) is 0 Å². The van der Waals surface area contributed by atoms with E-state index in [-0.39, 0.29) is 0 Å². The molecular weight excluding hydrogens is 78.1 g/mol. The number of rotatable bonds is 2. The van der Waals surface area contributed by atoms with E-state index in [1.165, 1.54) is 12.8 Å². The van der Waals surface area contributed by atoms with Crippen LogP contribution in [0.5, 0.6) is 0 Å². The summed E-state index contributed by atoms with van der Waals surface area (Å²) in [5.41, 5.74) is 5.23. The van der Waals surface area contributed by atoms with Gasteiger partial charge in [-0.15, -0.1) is 0 Å². The van der Waals surface area contributed by atoms with Crippen LogP contribution in [0, 0.1) is 0 Å². The lowest BCUT2D eigenvalue weighted by molar-refractivity contribution is 0.549. The first-order chi connectivity index (χ1) is 2.93. The van der Waals surface area contributed by atoms with Gasteiger partial charge in [-0.05, 0) is 12.8 Å². The van der Waals surface area contributed by atoms with Gasteiger partial charge in [0.2, 0.25) is 0 Å². The van der Waals surface area contributed by atoms with Crippen LogP contribution in [0.3, 0.4) is 0 Å². The van der Waals surface area contributed by atoms with E-state index < -0.39 is 0 Å². The molecule has 36 valence electrons. The van der Waals surface area contributed by atoms with E-state index in [0.717, 1.165) is 0 Å². The Morgan fingerprint density at radius 1 is 1.50 bits per heavy atom. The molecule has 1 aliphatic rings. The zero-order valence-electron chi connectivity index (χ0n) is 3.57. The van der Waals surface area contributed by atoms with E-state index in [9.17, 15) is 0 Å². The molecule has 1 fully saturated rings. The molecule has 0 aromatic carbocycles. The van der Waals surface area contributed by atoms with Crippen molar-refractivity contribution in [3.63, 3.8) is 0 Å². The van der Waals surface area contributed by atoms with E-state index in [1.54, 1.807) is 0 Å². The Bertz CT molecular complexity index is 41.3. The lowest BCUT2D eigenvalue weighted by Crippen LogP contribution is -2.39. The molecule has 1 saturated carbocycles. The van der Waals surface area contributed by atoms with Crippen molar-refractivity contribution in [2.75, 3.05) is 0 Å². The topological polar surface area (TPSA) is 50.1 Å². The Morgan fingerprint density at radius 2 is 2.17 bits per heavy atom. The summed E-state index contributed by atoms with van der Waals surface area (Å²) in [6, 6.07) is 0.662. The Balaban J connectivity index is 1.88. The van der Waals surface area contributed by atoms with Crippen molar-refractivity contribution >= 4 is 0 Å². The Labute approximate surface area is 36.8 Å². The molecule has 0 atom stereocenters. The fraction of sp³-hybridized carbons (Fsp3) is 1.00. The predicted molar refractivity (Wildman–Crippen MR) is 23.5 cm³/mol. The Morgan fingerprint density at radius 3 is 2.33 bits per heavy atom.